The van der Waals surface area contributed by atoms with Crippen LogP contribution in [0.4, 0.5) is 0 Å². The molecule has 0 aromatic rings. The van der Waals surface area contributed by atoms with E-state index in [1.807, 2.05) is 0 Å². The molecule has 39 heavy (non-hydrogen) atoms. The second kappa shape index (κ2) is 15.8. The van der Waals surface area contributed by atoms with E-state index in [2.05, 4.69) is 16.2 Å². The second-order valence-electron chi connectivity index (χ2n) is 9.34. The number of aliphatic hydroxyl groups excluding tert-OH is 4. The summed E-state index contributed by atoms with van der Waals surface area (Å²) in [6.07, 6.45) is -12.1. The Morgan fingerprint density at radius 1 is 0.923 bits per heavy atom. The van der Waals surface area contributed by atoms with Crippen LogP contribution in [0.5, 0.6) is 0 Å². The first-order valence-electron chi connectivity index (χ1n) is 12.5. The molecule has 16 heteroatoms. The van der Waals surface area contributed by atoms with Crippen LogP contribution in [0, 0.1) is 0 Å². The van der Waals surface area contributed by atoms with Gasteiger partial charge < -0.3 is 44.7 Å². The molecule has 6 unspecified atom stereocenters. The molecule has 3 amide bonds. The van der Waals surface area contributed by atoms with E-state index in [1.54, 1.807) is 6.92 Å². The first-order valence-corrected chi connectivity index (χ1v) is 13.6. The van der Waals surface area contributed by atoms with Gasteiger partial charge in [0.1, 0.15) is 42.4 Å². The summed E-state index contributed by atoms with van der Waals surface area (Å²) in [5.41, 5.74) is 4.42. The van der Waals surface area contributed by atoms with Crippen LogP contribution in [0.15, 0.2) is 0 Å². The molecule has 10 atom stereocenters. The van der Waals surface area contributed by atoms with Crippen molar-refractivity contribution in [3.05, 3.63) is 0 Å². The van der Waals surface area contributed by atoms with Gasteiger partial charge in [-0.3, -0.25) is 30.0 Å². The van der Waals surface area contributed by atoms with Crippen molar-refractivity contribution in [2.75, 3.05) is 25.2 Å². The van der Waals surface area contributed by atoms with Gasteiger partial charge in [-0.05, 0) is 13.8 Å². The molecule has 7 N–H and O–H groups in total. The average Bonchev–Trinajstić information content (AvgIpc) is 2.88. The second-order valence-corrected chi connectivity index (χ2v) is 10.6. The summed E-state index contributed by atoms with van der Waals surface area (Å²) in [4.78, 5) is 47.7. The summed E-state index contributed by atoms with van der Waals surface area (Å²) in [6, 6.07) is -0.937. The number of hydrogen-bond donors (Lipinski definition) is 7. The van der Waals surface area contributed by atoms with Crippen LogP contribution in [0.25, 0.3) is 0 Å². The Bertz CT molecular complexity index is 851. The Morgan fingerprint density at radius 2 is 1.59 bits per heavy atom. The Kier molecular flexibility index (Phi) is 13.5. The number of carbonyl (C=O) groups is 4. The zero-order chi connectivity index (χ0) is 29.3. The molecule has 2 saturated heterocycles. The molecular weight excluding hydrogens is 542 g/mol. The van der Waals surface area contributed by atoms with Crippen molar-refractivity contribution in [3.63, 3.8) is 0 Å². The Labute approximate surface area is 230 Å². The molecule has 0 bridgehead atoms. The molecule has 0 aliphatic carbocycles. The van der Waals surface area contributed by atoms with Crippen LogP contribution in [0.3, 0.4) is 0 Å². The van der Waals surface area contributed by atoms with E-state index >= 15 is 0 Å². The van der Waals surface area contributed by atoms with Crippen LogP contribution >= 0.6 is 11.8 Å². The number of nitrogens with one attached hydrogen (secondary N) is 3. The number of carbonyl (C=O) groups excluding carboxylic acids is 4. The lowest BCUT2D eigenvalue weighted by molar-refractivity contribution is -0.325. The standard InChI is InChI=1S/C23H39N3O12S/c1-10(28)5-7-39-8-6-14(30)25-26-22(34)21-20(35-4)17(32)18(33)23(38-21)37-19-15(24-12(3)29)11(2)36-13(9-27)16(19)31/h11,13,15-21,23,27,31-33H,5-9H2,1-4H3,(H,24,29)(H,25,30)(H,26,34)/t11-,13?,15?,16+,17?,18?,19?,20-,21?,23+/m0/s1. The number of Topliss-reactive ketones (excluding diaryl/α,β-unsaturated/α-hetero) is 1. The minimum Gasteiger partial charge on any atom is -0.394 e. The summed E-state index contributed by atoms with van der Waals surface area (Å²) in [5.74, 6) is -0.838. The molecule has 2 aliphatic rings. The van der Waals surface area contributed by atoms with Gasteiger partial charge in [-0.1, -0.05) is 0 Å². The van der Waals surface area contributed by atoms with Gasteiger partial charge in [0.05, 0.1) is 18.8 Å². The normalized spacial score (nSPS) is 34.7. The molecule has 2 fully saturated rings. The van der Waals surface area contributed by atoms with Gasteiger partial charge in [0, 0.05) is 38.4 Å². The fourth-order valence-corrected chi connectivity index (χ4v) is 5.17. The van der Waals surface area contributed by atoms with E-state index in [0.717, 1.165) is 0 Å². The van der Waals surface area contributed by atoms with E-state index in [9.17, 15) is 39.6 Å². The number of methoxy groups -OCH3 is 1. The van der Waals surface area contributed by atoms with E-state index < -0.39 is 85.5 Å². The van der Waals surface area contributed by atoms with Crippen LogP contribution in [0.1, 0.15) is 33.6 Å². The molecule has 224 valence electrons. The molecule has 2 rings (SSSR count). The first-order chi connectivity index (χ1) is 18.4. The Morgan fingerprint density at radius 3 is 2.18 bits per heavy atom. The van der Waals surface area contributed by atoms with Gasteiger partial charge >= 0.3 is 0 Å². The Balaban J connectivity index is 2.07. The van der Waals surface area contributed by atoms with Gasteiger partial charge in [-0.25, -0.2) is 0 Å². The smallest absolute Gasteiger partial charge is 0.270 e. The summed E-state index contributed by atoms with van der Waals surface area (Å²) in [6.45, 7) is 3.74. The number of hydrogen-bond acceptors (Lipinski definition) is 13. The van der Waals surface area contributed by atoms with E-state index in [0.29, 0.717) is 17.9 Å². The highest BCUT2D eigenvalue weighted by atomic mass is 32.2. The maximum Gasteiger partial charge on any atom is 0.270 e. The van der Waals surface area contributed by atoms with Crippen LogP contribution in [0.2, 0.25) is 0 Å². The van der Waals surface area contributed by atoms with E-state index in [-0.39, 0.29) is 12.2 Å². The summed E-state index contributed by atoms with van der Waals surface area (Å²) >= 11 is 1.41. The summed E-state index contributed by atoms with van der Waals surface area (Å²) in [5, 5.41) is 44.2. The lowest BCUT2D eigenvalue weighted by Crippen LogP contribution is -2.68. The zero-order valence-electron chi connectivity index (χ0n) is 22.3. The zero-order valence-corrected chi connectivity index (χ0v) is 23.1. The van der Waals surface area contributed by atoms with Gasteiger partial charge in [-0.2, -0.15) is 11.8 Å². The van der Waals surface area contributed by atoms with Crippen molar-refractivity contribution in [2.45, 2.75) is 94.8 Å². The van der Waals surface area contributed by atoms with Gasteiger partial charge in [0.2, 0.25) is 11.8 Å². The molecule has 0 saturated carbocycles. The van der Waals surface area contributed by atoms with Gasteiger partial charge in [0.25, 0.3) is 5.91 Å². The minimum atomic E-state index is -1.74. The lowest BCUT2D eigenvalue weighted by atomic mass is 9.92. The first kappa shape index (κ1) is 33.3. The maximum absolute atomic E-state index is 12.9. The van der Waals surface area contributed by atoms with Crippen LogP contribution < -0.4 is 16.2 Å². The molecule has 15 nitrogen and oxygen atoms in total. The minimum absolute atomic E-state index is 0.0497. The highest BCUT2D eigenvalue weighted by Crippen LogP contribution is 2.30. The molecule has 0 spiro atoms. The molecule has 0 radical (unpaired) electrons. The van der Waals surface area contributed by atoms with Crippen LogP contribution in [-0.2, 0) is 38.1 Å². The van der Waals surface area contributed by atoms with E-state index in [1.165, 1.54) is 32.7 Å². The highest BCUT2D eigenvalue weighted by Gasteiger charge is 2.52. The van der Waals surface area contributed by atoms with Gasteiger partial charge in [0.15, 0.2) is 12.4 Å². The summed E-state index contributed by atoms with van der Waals surface area (Å²) in [7, 11) is 1.19. The fraction of sp³-hybridized carbons (Fsp3) is 0.826. The average molecular weight is 582 g/mol. The molecular formula is C23H39N3O12S. The number of ketones is 1. The molecule has 0 aromatic heterocycles. The highest BCUT2D eigenvalue weighted by molar-refractivity contribution is 7.99. The summed E-state index contributed by atoms with van der Waals surface area (Å²) < 4.78 is 22.1. The maximum atomic E-state index is 12.9. The third-order valence-corrected chi connectivity index (χ3v) is 7.27. The predicted molar refractivity (Wildman–Crippen MR) is 135 cm³/mol. The third-order valence-electron chi connectivity index (χ3n) is 6.28. The Hall–Kier alpha value is -1.89. The van der Waals surface area contributed by atoms with Crippen molar-refractivity contribution in [1.82, 2.24) is 16.2 Å². The number of amides is 3. The molecule has 0 aromatic carbocycles. The lowest BCUT2D eigenvalue weighted by Gasteiger charge is -2.47. The monoisotopic (exact) mass is 581 g/mol. The quantitative estimate of drug-likeness (QED) is 0.0889. The topological polar surface area (TPSA) is 222 Å². The fourth-order valence-electron chi connectivity index (χ4n) is 4.21. The third kappa shape index (κ3) is 9.33. The van der Waals surface area contributed by atoms with Crippen molar-refractivity contribution < 1.29 is 58.6 Å². The van der Waals surface area contributed by atoms with Gasteiger partial charge in [-0.15, -0.1) is 0 Å². The number of ether oxygens (including phenoxy) is 4. The van der Waals surface area contributed by atoms with Crippen molar-refractivity contribution >= 4 is 35.3 Å². The van der Waals surface area contributed by atoms with Crippen molar-refractivity contribution in [3.8, 4) is 0 Å². The van der Waals surface area contributed by atoms with Crippen LogP contribution in [-0.4, -0.2) is 130 Å². The van der Waals surface area contributed by atoms with Crippen molar-refractivity contribution in [2.24, 2.45) is 0 Å². The predicted octanol–water partition coefficient (Wildman–Crippen LogP) is -3.27. The number of hydrazine groups is 1. The SMILES string of the molecule is CO[C@@H]1C(C(=O)NNC(=O)CCSCCC(C)=O)O[C@@H](OC2C(NC(C)=O)[C@H](C)OC(CO)[C@H]2O)C(O)C1O. The number of rotatable bonds is 12. The largest absolute Gasteiger partial charge is 0.394 e. The number of thioether (sulfide) groups is 1. The number of aliphatic hydroxyl groups is 4. The molecule has 2 aliphatic heterocycles. The van der Waals surface area contributed by atoms with E-state index in [4.69, 9.17) is 18.9 Å². The van der Waals surface area contributed by atoms with Crippen molar-refractivity contribution in [1.29, 1.82) is 0 Å². The molecule has 2 heterocycles.